The van der Waals surface area contributed by atoms with Gasteiger partial charge in [0.05, 0.1) is 6.61 Å². The molecule has 1 atom stereocenters. The van der Waals surface area contributed by atoms with Crippen LogP contribution in [0.3, 0.4) is 0 Å². The molecular formula is C12H19NO. The lowest BCUT2D eigenvalue weighted by atomic mass is 10.1. The standard InChI is InChI=1S/C12H19NO/c1-3-12(13-9-10-14-2)11-7-5-4-6-8-11/h4-8,12-13H,3,9-10H2,1-2H3/t12-/m1/s1. The minimum Gasteiger partial charge on any atom is -0.383 e. The number of nitrogens with one attached hydrogen (secondary N) is 1. The maximum absolute atomic E-state index is 5.01. The number of ether oxygens (including phenoxy) is 1. The number of methoxy groups -OCH3 is 1. The molecule has 78 valence electrons. The summed E-state index contributed by atoms with van der Waals surface area (Å²) in [7, 11) is 1.73. The van der Waals surface area contributed by atoms with Crippen molar-refractivity contribution in [1.82, 2.24) is 5.32 Å². The SMILES string of the molecule is CC[C@@H](NCCOC)c1ccccc1. The van der Waals surface area contributed by atoms with E-state index in [1.807, 2.05) is 6.07 Å². The van der Waals surface area contributed by atoms with E-state index in [1.165, 1.54) is 5.56 Å². The molecule has 0 unspecified atom stereocenters. The molecule has 0 spiro atoms. The summed E-state index contributed by atoms with van der Waals surface area (Å²) in [5, 5.41) is 3.46. The Balaban J connectivity index is 2.46. The van der Waals surface area contributed by atoms with Crippen LogP contribution in [-0.2, 0) is 4.74 Å². The molecule has 0 aliphatic rings. The first kappa shape index (κ1) is 11.2. The second-order valence-corrected chi connectivity index (χ2v) is 3.32. The Morgan fingerprint density at radius 3 is 2.57 bits per heavy atom. The van der Waals surface area contributed by atoms with E-state index in [0.29, 0.717) is 6.04 Å². The molecule has 0 saturated carbocycles. The summed E-state index contributed by atoms with van der Waals surface area (Å²) < 4.78 is 5.01. The number of hydrogen-bond donors (Lipinski definition) is 1. The van der Waals surface area contributed by atoms with Crippen LogP contribution < -0.4 is 5.32 Å². The van der Waals surface area contributed by atoms with E-state index in [1.54, 1.807) is 7.11 Å². The second kappa shape index (κ2) is 6.57. The highest BCUT2D eigenvalue weighted by molar-refractivity contribution is 5.18. The lowest BCUT2D eigenvalue weighted by Gasteiger charge is -2.16. The fraction of sp³-hybridized carbons (Fsp3) is 0.500. The molecule has 1 aromatic carbocycles. The average Bonchev–Trinajstić information content (AvgIpc) is 2.26. The fourth-order valence-corrected chi connectivity index (χ4v) is 1.52. The monoisotopic (exact) mass is 193 g/mol. The molecule has 2 heteroatoms. The molecule has 0 amide bonds. The fourth-order valence-electron chi connectivity index (χ4n) is 1.52. The van der Waals surface area contributed by atoms with Crippen LogP contribution in [0.4, 0.5) is 0 Å². The predicted molar refractivity (Wildman–Crippen MR) is 59.4 cm³/mol. The van der Waals surface area contributed by atoms with Crippen LogP contribution in [0.25, 0.3) is 0 Å². The Bertz CT molecular complexity index is 235. The quantitative estimate of drug-likeness (QED) is 0.700. The van der Waals surface area contributed by atoms with Crippen molar-refractivity contribution in [2.75, 3.05) is 20.3 Å². The van der Waals surface area contributed by atoms with Crippen molar-refractivity contribution in [3.05, 3.63) is 35.9 Å². The van der Waals surface area contributed by atoms with Crippen molar-refractivity contribution in [2.24, 2.45) is 0 Å². The van der Waals surface area contributed by atoms with E-state index < -0.39 is 0 Å². The maximum Gasteiger partial charge on any atom is 0.0587 e. The normalized spacial score (nSPS) is 12.7. The molecule has 0 heterocycles. The summed E-state index contributed by atoms with van der Waals surface area (Å²) in [6.45, 7) is 3.87. The third-order valence-corrected chi connectivity index (χ3v) is 2.31. The van der Waals surface area contributed by atoms with E-state index >= 15 is 0 Å². The van der Waals surface area contributed by atoms with Gasteiger partial charge in [-0.2, -0.15) is 0 Å². The van der Waals surface area contributed by atoms with Gasteiger partial charge in [0.25, 0.3) is 0 Å². The van der Waals surface area contributed by atoms with E-state index in [2.05, 4.69) is 36.5 Å². The van der Waals surface area contributed by atoms with Gasteiger partial charge in [0, 0.05) is 19.7 Å². The summed E-state index contributed by atoms with van der Waals surface area (Å²) in [6, 6.07) is 11.0. The molecule has 0 aromatic heterocycles. The summed E-state index contributed by atoms with van der Waals surface area (Å²) >= 11 is 0. The molecule has 1 N–H and O–H groups in total. The third-order valence-electron chi connectivity index (χ3n) is 2.31. The van der Waals surface area contributed by atoms with E-state index in [-0.39, 0.29) is 0 Å². The van der Waals surface area contributed by atoms with Crippen LogP contribution in [0.1, 0.15) is 24.9 Å². The van der Waals surface area contributed by atoms with Crippen molar-refractivity contribution in [2.45, 2.75) is 19.4 Å². The van der Waals surface area contributed by atoms with Crippen LogP contribution in [0.5, 0.6) is 0 Å². The first-order chi connectivity index (χ1) is 6.88. The molecule has 0 aliphatic heterocycles. The molecule has 0 radical (unpaired) electrons. The van der Waals surface area contributed by atoms with Crippen LogP contribution >= 0.6 is 0 Å². The highest BCUT2D eigenvalue weighted by Crippen LogP contribution is 2.15. The summed E-state index contributed by atoms with van der Waals surface area (Å²) in [5.41, 5.74) is 1.35. The topological polar surface area (TPSA) is 21.3 Å². The number of benzene rings is 1. The van der Waals surface area contributed by atoms with E-state index in [0.717, 1.165) is 19.6 Å². The van der Waals surface area contributed by atoms with Gasteiger partial charge in [-0.1, -0.05) is 37.3 Å². The van der Waals surface area contributed by atoms with Crippen LogP contribution in [0, 0.1) is 0 Å². The lowest BCUT2D eigenvalue weighted by molar-refractivity contribution is 0.195. The van der Waals surface area contributed by atoms with Gasteiger partial charge in [-0.15, -0.1) is 0 Å². The largest absolute Gasteiger partial charge is 0.383 e. The van der Waals surface area contributed by atoms with Gasteiger partial charge in [0.1, 0.15) is 0 Å². The third kappa shape index (κ3) is 3.48. The smallest absolute Gasteiger partial charge is 0.0587 e. The number of hydrogen-bond acceptors (Lipinski definition) is 2. The van der Waals surface area contributed by atoms with Crippen molar-refractivity contribution in [3.8, 4) is 0 Å². The van der Waals surface area contributed by atoms with Gasteiger partial charge in [0.15, 0.2) is 0 Å². The summed E-state index contributed by atoms with van der Waals surface area (Å²) in [6.07, 6.45) is 1.10. The molecule has 0 aliphatic carbocycles. The Labute approximate surface area is 86.3 Å². The van der Waals surface area contributed by atoms with E-state index in [9.17, 15) is 0 Å². The van der Waals surface area contributed by atoms with Crippen molar-refractivity contribution >= 4 is 0 Å². The first-order valence-corrected chi connectivity index (χ1v) is 5.15. The molecular weight excluding hydrogens is 174 g/mol. The number of rotatable bonds is 6. The Morgan fingerprint density at radius 2 is 2.00 bits per heavy atom. The maximum atomic E-state index is 5.01. The van der Waals surface area contributed by atoms with Crippen molar-refractivity contribution < 1.29 is 4.74 Å². The molecule has 0 saturated heterocycles. The zero-order valence-electron chi connectivity index (χ0n) is 8.99. The minimum absolute atomic E-state index is 0.450. The average molecular weight is 193 g/mol. The molecule has 14 heavy (non-hydrogen) atoms. The molecule has 0 fully saturated rings. The minimum atomic E-state index is 0.450. The lowest BCUT2D eigenvalue weighted by Crippen LogP contribution is -2.24. The Kier molecular flexibility index (Phi) is 5.27. The highest BCUT2D eigenvalue weighted by atomic mass is 16.5. The van der Waals surface area contributed by atoms with Gasteiger partial charge in [-0.25, -0.2) is 0 Å². The van der Waals surface area contributed by atoms with Crippen molar-refractivity contribution in [3.63, 3.8) is 0 Å². The van der Waals surface area contributed by atoms with Gasteiger partial charge < -0.3 is 10.1 Å². The van der Waals surface area contributed by atoms with Gasteiger partial charge in [0.2, 0.25) is 0 Å². The molecule has 2 nitrogen and oxygen atoms in total. The Morgan fingerprint density at radius 1 is 1.29 bits per heavy atom. The zero-order chi connectivity index (χ0) is 10.2. The van der Waals surface area contributed by atoms with Gasteiger partial charge >= 0.3 is 0 Å². The summed E-state index contributed by atoms with van der Waals surface area (Å²) in [5.74, 6) is 0. The van der Waals surface area contributed by atoms with Crippen molar-refractivity contribution in [1.29, 1.82) is 0 Å². The summed E-state index contributed by atoms with van der Waals surface area (Å²) in [4.78, 5) is 0. The van der Waals surface area contributed by atoms with Gasteiger partial charge in [-0.05, 0) is 12.0 Å². The highest BCUT2D eigenvalue weighted by Gasteiger charge is 2.06. The predicted octanol–water partition coefficient (Wildman–Crippen LogP) is 2.37. The van der Waals surface area contributed by atoms with Gasteiger partial charge in [-0.3, -0.25) is 0 Å². The molecule has 1 aromatic rings. The van der Waals surface area contributed by atoms with Crippen LogP contribution in [0.15, 0.2) is 30.3 Å². The van der Waals surface area contributed by atoms with E-state index in [4.69, 9.17) is 4.74 Å². The molecule has 1 rings (SSSR count). The Hall–Kier alpha value is -0.860. The molecule has 0 bridgehead atoms. The first-order valence-electron chi connectivity index (χ1n) is 5.15. The zero-order valence-corrected chi connectivity index (χ0v) is 8.99. The van der Waals surface area contributed by atoms with Crippen LogP contribution in [-0.4, -0.2) is 20.3 Å². The second-order valence-electron chi connectivity index (χ2n) is 3.32. The van der Waals surface area contributed by atoms with Crippen LogP contribution in [0.2, 0.25) is 0 Å².